The second kappa shape index (κ2) is 7.39. The summed E-state index contributed by atoms with van der Waals surface area (Å²) in [6.45, 7) is 2.17. The van der Waals surface area contributed by atoms with Gasteiger partial charge in [-0.2, -0.15) is 0 Å². The number of rotatable bonds is 8. The highest BCUT2D eigenvalue weighted by Gasteiger charge is 2.09. The summed E-state index contributed by atoms with van der Waals surface area (Å²) < 4.78 is 0. The van der Waals surface area contributed by atoms with E-state index in [1.807, 2.05) is 4.90 Å². The van der Waals surface area contributed by atoms with E-state index in [9.17, 15) is 4.79 Å². The third-order valence-electron chi connectivity index (χ3n) is 2.37. The van der Waals surface area contributed by atoms with Crippen molar-refractivity contribution in [3.8, 4) is 0 Å². The Hall–Kier alpha value is -0.950. The summed E-state index contributed by atoms with van der Waals surface area (Å²) in [6.07, 6.45) is 0.675. The van der Waals surface area contributed by atoms with E-state index in [0.717, 1.165) is 11.4 Å². The minimum Gasteiger partial charge on any atom is -0.396 e. The van der Waals surface area contributed by atoms with Crippen molar-refractivity contribution in [1.82, 2.24) is 4.90 Å². The van der Waals surface area contributed by atoms with E-state index in [1.165, 1.54) is 11.3 Å². The molecular weight excluding hydrogens is 240 g/mol. The first-order chi connectivity index (χ1) is 8.17. The van der Waals surface area contributed by atoms with E-state index in [0.29, 0.717) is 25.1 Å². The fraction of sp³-hybridized carbons (Fsp3) is 0.545. The molecule has 1 heterocycles. The van der Waals surface area contributed by atoms with Crippen LogP contribution in [0.15, 0.2) is 11.4 Å². The van der Waals surface area contributed by atoms with Crippen molar-refractivity contribution in [2.24, 2.45) is 5.73 Å². The molecule has 96 valence electrons. The van der Waals surface area contributed by atoms with Gasteiger partial charge in [0.05, 0.1) is 12.2 Å². The van der Waals surface area contributed by atoms with E-state index >= 15 is 0 Å². The van der Waals surface area contributed by atoms with Gasteiger partial charge in [-0.05, 0) is 12.5 Å². The van der Waals surface area contributed by atoms with Gasteiger partial charge in [-0.25, -0.2) is 0 Å². The first-order valence-electron chi connectivity index (χ1n) is 5.48. The number of primary amides is 1. The lowest BCUT2D eigenvalue weighted by molar-refractivity contribution is 0.100. The van der Waals surface area contributed by atoms with E-state index < -0.39 is 5.91 Å². The number of amides is 1. The van der Waals surface area contributed by atoms with Crippen LogP contribution in [-0.2, 0) is 6.54 Å². The number of carbonyl (C=O) groups is 1. The van der Waals surface area contributed by atoms with Gasteiger partial charge in [0.2, 0.25) is 5.91 Å². The van der Waals surface area contributed by atoms with Gasteiger partial charge >= 0.3 is 0 Å². The van der Waals surface area contributed by atoms with E-state index in [1.54, 1.807) is 11.4 Å². The van der Waals surface area contributed by atoms with Gasteiger partial charge in [-0.1, -0.05) is 0 Å². The maximum Gasteiger partial charge on any atom is 0.249 e. The fourth-order valence-electron chi connectivity index (χ4n) is 1.52. The number of aliphatic hydroxyl groups excluding tert-OH is 2. The number of hydrogen-bond donors (Lipinski definition) is 3. The molecule has 0 radical (unpaired) electrons. The molecule has 1 rings (SSSR count). The Morgan fingerprint density at radius 2 is 2.12 bits per heavy atom. The summed E-state index contributed by atoms with van der Waals surface area (Å²) in [4.78, 5) is 14.0. The quantitative estimate of drug-likeness (QED) is 0.613. The first-order valence-corrected chi connectivity index (χ1v) is 6.36. The Kier molecular flexibility index (Phi) is 6.13. The lowest BCUT2D eigenvalue weighted by atomic mass is 10.3. The summed E-state index contributed by atoms with van der Waals surface area (Å²) in [7, 11) is 0. The fourth-order valence-corrected chi connectivity index (χ4v) is 2.43. The summed E-state index contributed by atoms with van der Waals surface area (Å²) in [5.41, 5.74) is 5.70. The van der Waals surface area contributed by atoms with Crippen LogP contribution in [-0.4, -0.2) is 47.3 Å². The third-order valence-corrected chi connectivity index (χ3v) is 3.29. The van der Waals surface area contributed by atoms with Crippen molar-refractivity contribution in [2.45, 2.75) is 13.0 Å². The first kappa shape index (κ1) is 14.1. The highest BCUT2D eigenvalue weighted by atomic mass is 32.1. The van der Waals surface area contributed by atoms with Crippen molar-refractivity contribution < 1.29 is 15.0 Å². The summed E-state index contributed by atoms with van der Waals surface area (Å²) in [5, 5.41) is 19.4. The van der Waals surface area contributed by atoms with Gasteiger partial charge in [-0.3, -0.25) is 9.69 Å². The molecule has 0 aliphatic carbocycles. The predicted octanol–water partition coefficient (Wildman–Crippen LogP) is 0.0237. The summed E-state index contributed by atoms with van der Waals surface area (Å²) in [6, 6.07) is 1.77. The van der Waals surface area contributed by atoms with Crippen LogP contribution in [0.25, 0.3) is 0 Å². The molecular formula is C11H18N2O3S. The van der Waals surface area contributed by atoms with Crippen molar-refractivity contribution >= 4 is 17.2 Å². The third kappa shape index (κ3) is 4.82. The van der Waals surface area contributed by atoms with Crippen LogP contribution in [0, 0.1) is 0 Å². The van der Waals surface area contributed by atoms with Gasteiger partial charge in [0.25, 0.3) is 0 Å². The van der Waals surface area contributed by atoms with Crippen LogP contribution < -0.4 is 5.73 Å². The number of nitrogens with two attached hydrogens (primary N) is 1. The molecule has 1 aromatic heterocycles. The second-order valence-electron chi connectivity index (χ2n) is 3.74. The molecule has 0 aliphatic rings. The molecule has 6 heteroatoms. The molecule has 0 aliphatic heterocycles. The van der Waals surface area contributed by atoms with E-state index in [4.69, 9.17) is 15.9 Å². The SMILES string of the molecule is NC(=O)c1csc(CN(CCO)CCCO)c1. The molecule has 0 atom stereocenters. The van der Waals surface area contributed by atoms with Gasteiger partial charge in [-0.15, -0.1) is 11.3 Å². The molecule has 1 aromatic rings. The zero-order valence-electron chi connectivity index (χ0n) is 9.63. The number of aliphatic hydroxyl groups is 2. The Bertz CT molecular complexity index is 354. The van der Waals surface area contributed by atoms with Crippen LogP contribution in [0.2, 0.25) is 0 Å². The van der Waals surface area contributed by atoms with Crippen LogP contribution in [0.3, 0.4) is 0 Å². The lowest BCUT2D eigenvalue weighted by Gasteiger charge is -2.19. The maximum atomic E-state index is 10.9. The number of hydrogen-bond acceptors (Lipinski definition) is 5. The minimum atomic E-state index is -0.420. The molecule has 0 saturated heterocycles. The molecule has 0 bridgehead atoms. The monoisotopic (exact) mass is 258 g/mol. The Balaban J connectivity index is 2.55. The van der Waals surface area contributed by atoms with Crippen LogP contribution >= 0.6 is 11.3 Å². The Labute approximate surface area is 104 Å². The van der Waals surface area contributed by atoms with E-state index in [2.05, 4.69) is 0 Å². The molecule has 0 fully saturated rings. The maximum absolute atomic E-state index is 10.9. The summed E-state index contributed by atoms with van der Waals surface area (Å²) >= 11 is 1.48. The molecule has 4 N–H and O–H groups in total. The standard InChI is InChI=1S/C11H18N2O3S/c12-11(16)9-6-10(17-8-9)7-13(3-5-15)2-1-4-14/h6,8,14-15H,1-5,7H2,(H2,12,16). The molecule has 1 amide bonds. The van der Waals surface area contributed by atoms with Gasteiger partial charge in [0.1, 0.15) is 0 Å². The topological polar surface area (TPSA) is 86.8 Å². The predicted molar refractivity (Wildman–Crippen MR) is 66.9 cm³/mol. The van der Waals surface area contributed by atoms with Crippen LogP contribution in [0.5, 0.6) is 0 Å². The van der Waals surface area contributed by atoms with Gasteiger partial charge < -0.3 is 15.9 Å². The minimum absolute atomic E-state index is 0.0828. The number of nitrogens with zero attached hydrogens (tertiary/aromatic N) is 1. The Morgan fingerprint density at radius 1 is 1.35 bits per heavy atom. The molecule has 0 aromatic carbocycles. The normalized spacial score (nSPS) is 11.0. The average molecular weight is 258 g/mol. The molecule has 17 heavy (non-hydrogen) atoms. The molecule has 0 unspecified atom stereocenters. The van der Waals surface area contributed by atoms with Crippen molar-refractivity contribution in [3.05, 3.63) is 21.9 Å². The molecule has 0 spiro atoms. The zero-order chi connectivity index (χ0) is 12.7. The average Bonchev–Trinajstić information content (AvgIpc) is 2.75. The van der Waals surface area contributed by atoms with Crippen molar-refractivity contribution in [2.75, 3.05) is 26.3 Å². The largest absolute Gasteiger partial charge is 0.396 e. The zero-order valence-corrected chi connectivity index (χ0v) is 10.4. The molecule has 5 nitrogen and oxygen atoms in total. The summed E-state index contributed by atoms with van der Waals surface area (Å²) in [5.74, 6) is -0.420. The Morgan fingerprint density at radius 3 is 2.65 bits per heavy atom. The van der Waals surface area contributed by atoms with Crippen molar-refractivity contribution in [3.63, 3.8) is 0 Å². The van der Waals surface area contributed by atoms with Crippen molar-refractivity contribution in [1.29, 1.82) is 0 Å². The second-order valence-corrected chi connectivity index (χ2v) is 4.74. The van der Waals surface area contributed by atoms with Crippen LogP contribution in [0.1, 0.15) is 21.7 Å². The number of thiophene rings is 1. The van der Waals surface area contributed by atoms with Gasteiger partial charge in [0.15, 0.2) is 0 Å². The highest BCUT2D eigenvalue weighted by molar-refractivity contribution is 7.10. The lowest BCUT2D eigenvalue weighted by Crippen LogP contribution is -2.27. The smallest absolute Gasteiger partial charge is 0.249 e. The molecule has 0 saturated carbocycles. The highest BCUT2D eigenvalue weighted by Crippen LogP contribution is 2.16. The number of carbonyl (C=O) groups excluding carboxylic acids is 1. The van der Waals surface area contributed by atoms with Crippen LogP contribution in [0.4, 0.5) is 0 Å². The van der Waals surface area contributed by atoms with Gasteiger partial charge in [0, 0.05) is 36.5 Å². The van der Waals surface area contributed by atoms with E-state index in [-0.39, 0.29) is 13.2 Å².